The highest BCUT2D eigenvalue weighted by Crippen LogP contribution is 2.21. The van der Waals surface area contributed by atoms with E-state index in [0.717, 1.165) is 29.4 Å². The minimum absolute atomic E-state index is 0.0347. The molecule has 1 amide bonds. The second kappa shape index (κ2) is 7.20. The van der Waals surface area contributed by atoms with Crippen molar-refractivity contribution in [1.29, 1.82) is 0 Å². The molecule has 1 aromatic rings. The van der Waals surface area contributed by atoms with Crippen LogP contribution in [0.5, 0.6) is 0 Å². The highest BCUT2D eigenvalue weighted by molar-refractivity contribution is 9.10. The van der Waals surface area contributed by atoms with E-state index in [2.05, 4.69) is 33.5 Å². The summed E-state index contributed by atoms with van der Waals surface area (Å²) < 4.78 is 0.943. The largest absolute Gasteiger partial charge is 0.394 e. The third kappa shape index (κ3) is 4.04. The van der Waals surface area contributed by atoms with E-state index in [4.69, 9.17) is 0 Å². The lowest BCUT2D eigenvalue weighted by Gasteiger charge is -2.28. The molecule has 0 aliphatic carbocycles. The average Bonchev–Trinajstić information content (AvgIpc) is 2.44. The molecule has 3 N–H and O–H groups in total. The zero-order valence-electron chi connectivity index (χ0n) is 11.6. The normalized spacial score (nSPS) is 24.1. The van der Waals surface area contributed by atoms with Crippen LogP contribution in [0.2, 0.25) is 0 Å². The Hall–Kier alpha value is -0.910. The standard InChI is InChI=1S/C15H21BrN2O2/c1-10-7-12(5-6-17-10)15(20)18-14(9-19)11-3-2-4-13(16)8-11/h2-4,8,10,12,14,17,19H,5-7,9H2,1H3,(H,18,20)/t10-,12-,14?/m0/s1. The molecule has 1 heterocycles. The maximum atomic E-state index is 12.3. The second-order valence-electron chi connectivity index (χ2n) is 5.38. The maximum absolute atomic E-state index is 12.3. The van der Waals surface area contributed by atoms with Crippen molar-refractivity contribution in [2.75, 3.05) is 13.2 Å². The van der Waals surface area contributed by atoms with Gasteiger partial charge >= 0.3 is 0 Å². The number of aliphatic hydroxyl groups is 1. The molecule has 1 saturated heterocycles. The number of rotatable bonds is 4. The summed E-state index contributed by atoms with van der Waals surface area (Å²) in [5.41, 5.74) is 0.914. The quantitative estimate of drug-likeness (QED) is 0.785. The number of nitrogens with one attached hydrogen (secondary N) is 2. The summed E-state index contributed by atoms with van der Waals surface area (Å²) in [7, 11) is 0. The summed E-state index contributed by atoms with van der Waals surface area (Å²) >= 11 is 3.41. The Morgan fingerprint density at radius 3 is 3.05 bits per heavy atom. The lowest BCUT2D eigenvalue weighted by molar-refractivity contribution is -0.127. The Kier molecular flexibility index (Phi) is 5.57. The van der Waals surface area contributed by atoms with Crippen LogP contribution in [0.4, 0.5) is 0 Å². The third-order valence-electron chi connectivity index (χ3n) is 3.74. The Morgan fingerprint density at radius 1 is 1.60 bits per heavy atom. The number of carbonyl (C=O) groups is 1. The third-order valence-corrected chi connectivity index (χ3v) is 4.24. The van der Waals surface area contributed by atoms with Gasteiger partial charge in [0.25, 0.3) is 0 Å². The molecule has 3 atom stereocenters. The van der Waals surface area contributed by atoms with Crippen LogP contribution in [-0.2, 0) is 4.79 Å². The van der Waals surface area contributed by atoms with E-state index in [9.17, 15) is 9.90 Å². The van der Waals surface area contributed by atoms with Gasteiger partial charge < -0.3 is 15.7 Å². The Bertz CT molecular complexity index is 467. The van der Waals surface area contributed by atoms with Gasteiger partial charge in [0, 0.05) is 16.4 Å². The van der Waals surface area contributed by atoms with Gasteiger partial charge in [0.15, 0.2) is 0 Å². The minimum Gasteiger partial charge on any atom is -0.394 e. The van der Waals surface area contributed by atoms with E-state index in [-0.39, 0.29) is 24.5 Å². The first-order chi connectivity index (χ1) is 9.60. The van der Waals surface area contributed by atoms with Crippen LogP contribution in [0.3, 0.4) is 0 Å². The minimum atomic E-state index is -0.342. The van der Waals surface area contributed by atoms with Crippen molar-refractivity contribution < 1.29 is 9.90 Å². The first kappa shape index (κ1) is 15.5. The Labute approximate surface area is 128 Å². The number of piperidine rings is 1. The molecule has 1 fully saturated rings. The molecular weight excluding hydrogens is 320 g/mol. The molecule has 0 spiro atoms. The lowest BCUT2D eigenvalue weighted by atomic mass is 9.92. The first-order valence-corrected chi connectivity index (χ1v) is 7.79. The van der Waals surface area contributed by atoms with Gasteiger partial charge in [-0.05, 0) is 44.0 Å². The number of amides is 1. The highest BCUT2D eigenvalue weighted by Gasteiger charge is 2.26. The lowest BCUT2D eigenvalue weighted by Crippen LogP contribution is -2.43. The van der Waals surface area contributed by atoms with Crippen molar-refractivity contribution in [3.05, 3.63) is 34.3 Å². The predicted molar refractivity (Wildman–Crippen MR) is 82.3 cm³/mol. The van der Waals surface area contributed by atoms with Crippen LogP contribution in [0, 0.1) is 5.92 Å². The summed E-state index contributed by atoms with van der Waals surface area (Å²) in [4.78, 5) is 12.3. The van der Waals surface area contributed by atoms with Crippen LogP contribution in [0.25, 0.3) is 0 Å². The molecule has 5 heteroatoms. The highest BCUT2D eigenvalue weighted by atomic mass is 79.9. The van der Waals surface area contributed by atoms with E-state index in [0.29, 0.717) is 6.04 Å². The van der Waals surface area contributed by atoms with Crippen molar-refractivity contribution in [3.63, 3.8) is 0 Å². The first-order valence-electron chi connectivity index (χ1n) is 7.00. The summed E-state index contributed by atoms with van der Waals surface area (Å²) in [6, 6.07) is 7.70. The van der Waals surface area contributed by atoms with Crippen LogP contribution in [0.15, 0.2) is 28.7 Å². The molecule has 1 unspecified atom stereocenters. The number of hydrogen-bond donors (Lipinski definition) is 3. The molecule has 20 heavy (non-hydrogen) atoms. The maximum Gasteiger partial charge on any atom is 0.223 e. The van der Waals surface area contributed by atoms with Crippen LogP contribution < -0.4 is 10.6 Å². The molecular formula is C15H21BrN2O2. The molecule has 1 aliphatic heterocycles. The summed E-state index contributed by atoms with van der Waals surface area (Å²) in [6.45, 7) is 2.87. The zero-order chi connectivity index (χ0) is 14.5. The van der Waals surface area contributed by atoms with Crippen LogP contribution >= 0.6 is 15.9 Å². The monoisotopic (exact) mass is 340 g/mol. The van der Waals surface area contributed by atoms with Crippen LogP contribution in [-0.4, -0.2) is 30.2 Å². The molecule has 0 bridgehead atoms. The van der Waals surface area contributed by atoms with E-state index < -0.39 is 0 Å². The van der Waals surface area contributed by atoms with Crippen LogP contribution in [0.1, 0.15) is 31.4 Å². The fourth-order valence-corrected chi connectivity index (χ4v) is 3.03. The predicted octanol–water partition coefficient (Wildman–Crippen LogP) is 1.99. The molecule has 0 saturated carbocycles. The molecule has 4 nitrogen and oxygen atoms in total. The number of halogens is 1. The van der Waals surface area contributed by atoms with Gasteiger partial charge in [0.1, 0.15) is 0 Å². The van der Waals surface area contributed by atoms with Gasteiger partial charge in [-0.1, -0.05) is 28.1 Å². The average molecular weight is 341 g/mol. The van der Waals surface area contributed by atoms with E-state index in [1.807, 2.05) is 24.3 Å². The van der Waals surface area contributed by atoms with Gasteiger partial charge in [-0.15, -0.1) is 0 Å². The molecule has 2 rings (SSSR count). The van der Waals surface area contributed by atoms with Crippen molar-refractivity contribution in [1.82, 2.24) is 10.6 Å². The van der Waals surface area contributed by atoms with E-state index >= 15 is 0 Å². The second-order valence-corrected chi connectivity index (χ2v) is 6.29. The molecule has 1 aliphatic rings. The molecule has 110 valence electrons. The molecule has 0 aromatic heterocycles. The molecule has 0 radical (unpaired) electrons. The smallest absolute Gasteiger partial charge is 0.223 e. The molecule has 1 aromatic carbocycles. The summed E-state index contributed by atoms with van der Waals surface area (Å²) in [5, 5.41) is 15.8. The topological polar surface area (TPSA) is 61.4 Å². The van der Waals surface area contributed by atoms with Gasteiger partial charge in [0.05, 0.1) is 12.6 Å². The Balaban J connectivity index is 2.00. The Morgan fingerprint density at radius 2 is 2.40 bits per heavy atom. The number of benzene rings is 1. The fraction of sp³-hybridized carbons (Fsp3) is 0.533. The van der Waals surface area contributed by atoms with Gasteiger partial charge in [-0.25, -0.2) is 0 Å². The van der Waals surface area contributed by atoms with E-state index in [1.165, 1.54) is 0 Å². The van der Waals surface area contributed by atoms with Gasteiger partial charge in [0.2, 0.25) is 5.91 Å². The van der Waals surface area contributed by atoms with Crippen molar-refractivity contribution in [3.8, 4) is 0 Å². The van der Waals surface area contributed by atoms with Gasteiger partial charge in [-0.3, -0.25) is 4.79 Å². The zero-order valence-corrected chi connectivity index (χ0v) is 13.2. The SMILES string of the molecule is C[C@H]1C[C@@H](C(=O)NC(CO)c2cccc(Br)c2)CCN1. The van der Waals surface area contributed by atoms with Gasteiger partial charge in [-0.2, -0.15) is 0 Å². The number of hydrogen-bond acceptors (Lipinski definition) is 3. The van der Waals surface area contributed by atoms with Crippen molar-refractivity contribution in [2.45, 2.75) is 31.8 Å². The van der Waals surface area contributed by atoms with Crippen molar-refractivity contribution >= 4 is 21.8 Å². The summed E-state index contributed by atoms with van der Waals surface area (Å²) in [6.07, 6.45) is 1.70. The number of aliphatic hydroxyl groups excluding tert-OH is 1. The van der Waals surface area contributed by atoms with E-state index in [1.54, 1.807) is 0 Å². The van der Waals surface area contributed by atoms with Crippen molar-refractivity contribution in [2.24, 2.45) is 5.92 Å². The summed E-state index contributed by atoms with van der Waals surface area (Å²) in [5.74, 6) is 0.0739. The fourth-order valence-electron chi connectivity index (χ4n) is 2.62. The number of carbonyl (C=O) groups excluding carboxylic acids is 1.